The Balaban J connectivity index is 1.58. The number of hydrogen-bond acceptors (Lipinski definition) is 3. The third-order valence-corrected chi connectivity index (χ3v) is 3.76. The summed E-state index contributed by atoms with van der Waals surface area (Å²) < 4.78 is 5.89. The van der Waals surface area contributed by atoms with Crippen molar-refractivity contribution in [2.75, 3.05) is 19.7 Å². The molecule has 1 aromatic heterocycles. The second kappa shape index (κ2) is 6.53. The quantitative estimate of drug-likeness (QED) is 0.925. The van der Waals surface area contributed by atoms with Gasteiger partial charge in [-0.2, -0.15) is 0 Å². The van der Waals surface area contributed by atoms with Crippen molar-refractivity contribution in [3.63, 3.8) is 0 Å². The molecular weight excluding hydrogens is 248 g/mol. The third kappa shape index (κ3) is 3.36. The number of pyridine rings is 1. The van der Waals surface area contributed by atoms with Gasteiger partial charge >= 0.3 is 0 Å². The van der Waals surface area contributed by atoms with E-state index in [1.165, 1.54) is 12.8 Å². The number of aromatic nitrogens is 1. The third-order valence-electron chi connectivity index (χ3n) is 3.76. The lowest BCUT2D eigenvalue weighted by Gasteiger charge is -2.22. The van der Waals surface area contributed by atoms with Gasteiger partial charge in [-0.05, 0) is 68.2 Å². The van der Waals surface area contributed by atoms with Gasteiger partial charge in [0.15, 0.2) is 0 Å². The lowest BCUT2D eigenvalue weighted by Crippen LogP contribution is -2.30. The molecule has 0 atom stereocenters. The number of nitrogens with one attached hydrogen (secondary N) is 1. The Morgan fingerprint density at radius 1 is 1.05 bits per heavy atom. The highest BCUT2D eigenvalue weighted by atomic mass is 16.5. The number of rotatable bonds is 4. The van der Waals surface area contributed by atoms with Crippen molar-refractivity contribution in [2.24, 2.45) is 5.92 Å². The van der Waals surface area contributed by atoms with Crippen molar-refractivity contribution in [1.82, 2.24) is 10.3 Å². The predicted octanol–water partition coefficient (Wildman–Crippen LogP) is 3.13. The van der Waals surface area contributed by atoms with E-state index in [4.69, 9.17) is 4.74 Å². The lowest BCUT2D eigenvalue weighted by molar-refractivity contribution is 0.215. The van der Waals surface area contributed by atoms with Crippen LogP contribution in [0.4, 0.5) is 0 Å². The molecule has 2 aromatic rings. The molecule has 1 fully saturated rings. The first-order chi connectivity index (χ1) is 9.92. The number of piperidine rings is 1. The first kappa shape index (κ1) is 13.1. The fourth-order valence-electron chi connectivity index (χ4n) is 2.52. The first-order valence-electron chi connectivity index (χ1n) is 7.27. The molecule has 20 heavy (non-hydrogen) atoms. The molecule has 0 saturated carbocycles. The van der Waals surface area contributed by atoms with Crippen LogP contribution in [-0.2, 0) is 0 Å². The maximum absolute atomic E-state index is 5.89. The van der Waals surface area contributed by atoms with Crippen LogP contribution in [-0.4, -0.2) is 24.7 Å². The van der Waals surface area contributed by atoms with E-state index in [-0.39, 0.29) is 0 Å². The summed E-state index contributed by atoms with van der Waals surface area (Å²) in [6.45, 7) is 3.06. The smallest absolute Gasteiger partial charge is 0.119 e. The van der Waals surface area contributed by atoms with Gasteiger partial charge < -0.3 is 10.1 Å². The molecule has 3 rings (SSSR count). The van der Waals surface area contributed by atoms with Crippen LogP contribution in [0.1, 0.15) is 12.8 Å². The molecule has 1 aromatic carbocycles. The second-order valence-electron chi connectivity index (χ2n) is 5.24. The molecule has 3 nitrogen and oxygen atoms in total. The standard InChI is InChI=1S/C17H20N2O/c1-2-10-19-17(3-1)15-4-6-16(7-5-15)20-13-14-8-11-18-12-9-14/h1-7,10,14,18H,8-9,11-13H2. The Labute approximate surface area is 120 Å². The van der Waals surface area contributed by atoms with Gasteiger partial charge in [-0.3, -0.25) is 4.98 Å². The van der Waals surface area contributed by atoms with E-state index in [1.807, 2.05) is 36.5 Å². The van der Waals surface area contributed by atoms with Crippen LogP contribution in [0.15, 0.2) is 48.7 Å². The summed E-state index contributed by atoms with van der Waals surface area (Å²) in [7, 11) is 0. The Morgan fingerprint density at radius 2 is 1.85 bits per heavy atom. The first-order valence-corrected chi connectivity index (χ1v) is 7.27. The van der Waals surface area contributed by atoms with Crippen LogP contribution >= 0.6 is 0 Å². The van der Waals surface area contributed by atoms with Crippen molar-refractivity contribution in [1.29, 1.82) is 0 Å². The highest BCUT2D eigenvalue weighted by Crippen LogP contribution is 2.21. The predicted molar refractivity (Wildman–Crippen MR) is 80.8 cm³/mol. The maximum Gasteiger partial charge on any atom is 0.119 e. The monoisotopic (exact) mass is 268 g/mol. The van der Waals surface area contributed by atoms with Gasteiger partial charge in [0, 0.05) is 11.8 Å². The van der Waals surface area contributed by atoms with Crippen molar-refractivity contribution < 1.29 is 4.74 Å². The number of nitrogens with zero attached hydrogens (tertiary/aromatic N) is 1. The maximum atomic E-state index is 5.89. The Hall–Kier alpha value is -1.87. The van der Waals surface area contributed by atoms with Crippen molar-refractivity contribution >= 4 is 0 Å². The average Bonchev–Trinajstić information content (AvgIpc) is 2.55. The van der Waals surface area contributed by atoms with E-state index in [2.05, 4.69) is 22.4 Å². The van der Waals surface area contributed by atoms with E-state index >= 15 is 0 Å². The van der Waals surface area contributed by atoms with Crippen LogP contribution in [0.3, 0.4) is 0 Å². The van der Waals surface area contributed by atoms with E-state index < -0.39 is 0 Å². The summed E-state index contributed by atoms with van der Waals surface area (Å²) in [4.78, 5) is 4.35. The summed E-state index contributed by atoms with van der Waals surface area (Å²) in [6.07, 6.45) is 4.24. The van der Waals surface area contributed by atoms with E-state index in [0.29, 0.717) is 5.92 Å². The SMILES string of the molecule is c1ccc(-c2ccc(OCC3CCNCC3)cc2)nc1. The van der Waals surface area contributed by atoms with Gasteiger partial charge in [0.25, 0.3) is 0 Å². The summed E-state index contributed by atoms with van der Waals surface area (Å²) in [6, 6.07) is 14.2. The summed E-state index contributed by atoms with van der Waals surface area (Å²) in [5, 5.41) is 3.38. The fraction of sp³-hybridized carbons (Fsp3) is 0.353. The molecule has 3 heteroatoms. The zero-order chi connectivity index (χ0) is 13.6. The number of benzene rings is 1. The highest BCUT2D eigenvalue weighted by Gasteiger charge is 2.13. The molecular formula is C17H20N2O. The zero-order valence-corrected chi connectivity index (χ0v) is 11.6. The van der Waals surface area contributed by atoms with E-state index in [0.717, 1.165) is 36.7 Å². The minimum absolute atomic E-state index is 0.687. The minimum atomic E-state index is 0.687. The molecule has 0 amide bonds. The van der Waals surface area contributed by atoms with Crippen LogP contribution in [0.2, 0.25) is 0 Å². The molecule has 0 spiro atoms. The van der Waals surface area contributed by atoms with E-state index in [1.54, 1.807) is 0 Å². The van der Waals surface area contributed by atoms with Gasteiger partial charge in [-0.1, -0.05) is 6.07 Å². The molecule has 0 unspecified atom stereocenters. The molecule has 104 valence electrons. The average molecular weight is 268 g/mol. The topological polar surface area (TPSA) is 34.1 Å². The Morgan fingerprint density at radius 3 is 2.55 bits per heavy atom. The molecule has 1 saturated heterocycles. The van der Waals surface area contributed by atoms with Gasteiger partial charge in [0.2, 0.25) is 0 Å². The van der Waals surface area contributed by atoms with Crippen LogP contribution in [0.25, 0.3) is 11.3 Å². The van der Waals surface area contributed by atoms with Crippen LogP contribution < -0.4 is 10.1 Å². The van der Waals surface area contributed by atoms with Crippen molar-refractivity contribution in [3.8, 4) is 17.0 Å². The minimum Gasteiger partial charge on any atom is -0.493 e. The number of hydrogen-bond donors (Lipinski definition) is 1. The Kier molecular flexibility index (Phi) is 4.28. The van der Waals surface area contributed by atoms with Crippen LogP contribution in [0.5, 0.6) is 5.75 Å². The summed E-state index contributed by atoms with van der Waals surface area (Å²) >= 11 is 0. The van der Waals surface area contributed by atoms with E-state index in [9.17, 15) is 0 Å². The highest BCUT2D eigenvalue weighted by molar-refractivity contribution is 5.59. The Bertz CT molecular complexity index is 518. The molecule has 1 aliphatic rings. The normalized spacial score (nSPS) is 16.0. The summed E-state index contributed by atoms with van der Waals surface area (Å²) in [5.41, 5.74) is 2.12. The molecule has 0 aliphatic carbocycles. The van der Waals surface area contributed by atoms with Crippen molar-refractivity contribution in [2.45, 2.75) is 12.8 Å². The molecule has 1 N–H and O–H groups in total. The van der Waals surface area contributed by atoms with Gasteiger partial charge in [0.1, 0.15) is 5.75 Å². The largest absolute Gasteiger partial charge is 0.493 e. The molecule has 0 radical (unpaired) electrons. The van der Waals surface area contributed by atoms with Gasteiger partial charge in [-0.15, -0.1) is 0 Å². The second-order valence-corrected chi connectivity index (χ2v) is 5.24. The molecule has 1 aliphatic heterocycles. The zero-order valence-electron chi connectivity index (χ0n) is 11.6. The molecule has 0 bridgehead atoms. The molecule has 2 heterocycles. The van der Waals surface area contributed by atoms with Crippen molar-refractivity contribution in [3.05, 3.63) is 48.7 Å². The van der Waals surface area contributed by atoms with Crippen LogP contribution in [0, 0.1) is 5.92 Å². The number of ether oxygens (including phenoxy) is 1. The van der Waals surface area contributed by atoms with Gasteiger partial charge in [-0.25, -0.2) is 0 Å². The lowest BCUT2D eigenvalue weighted by atomic mass is 9.99. The summed E-state index contributed by atoms with van der Waals surface area (Å²) in [5.74, 6) is 1.63. The fourth-order valence-corrected chi connectivity index (χ4v) is 2.52. The van der Waals surface area contributed by atoms with Gasteiger partial charge in [0.05, 0.1) is 12.3 Å².